The van der Waals surface area contributed by atoms with Crippen LogP contribution in [0.15, 0.2) is 18.2 Å². The van der Waals surface area contributed by atoms with Gasteiger partial charge in [0.15, 0.2) is 0 Å². The Labute approximate surface area is 106 Å². The number of unbranched alkanes of at least 4 members (excludes halogenated alkanes) is 1. The predicted octanol–water partition coefficient (Wildman–Crippen LogP) is 2.04. The van der Waals surface area contributed by atoms with E-state index in [0.717, 1.165) is 31.5 Å². The summed E-state index contributed by atoms with van der Waals surface area (Å²) in [6.45, 7) is 1.43. The third-order valence-electron chi connectivity index (χ3n) is 2.49. The number of nitrogens with zero attached hydrogens (tertiary/aromatic N) is 1. The maximum Gasteiger partial charge on any atom is 0.254 e. The summed E-state index contributed by atoms with van der Waals surface area (Å²) >= 11 is 0. The Kier molecular flexibility index (Phi) is 5.71. The first kappa shape index (κ1) is 14.6. The van der Waals surface area contributed by atoms with Crippen LogP contribution in [0.5, 0.6) is 0 Å². The number of benzene rings is 1. The van der Waals surface area contributed by atoms with Gasteiger partial charge in [-0.1, -0.05) is 0 Å². The second-order valence-electron chi connectivity index (χ2n) is 4.39. The van der Waals surface area contributed by atoms with E-state index < -0.39 is 17.5 Å². The Balaban J connectivity index is 2.36. The number of hydrogen-bond donors (Lipinski definition) is 1. The number of carbonyl (C=O) groups is 1. The minimum Gasteiger partial charge on any atom is -0.352 e. The molecule has 1 rings (SSSR count). The van der Waals surface area contributed by atoms with Crippen molar-refractivity contribution in [3.05, 3.63) is 35.4 Å². The summed E-state index contributed by atoms with van der Waals surface area (Å²) in [4.78, 5) is 13.6. The van der Waals surface area contributed by atoms with Gasteiger partial charge in [0.25, 0.3) is 5.91 Å². The van der Waals surface area contributed by atoms with Gasteiger partial charge in [-0.25, -0.2) is 8.78 Å². The molecule has 0 saturated carbocycles. The van der Waals surface area contributed by atoms with Crippen LogP contribution in [0.2, 0.25) is 0 Å². The lowest BCUT2D eigenvalue weighted by atomic mass is 10.2. The highest BCUT2D eigenvalue weighted by Gasteiger charge is 2.11. The van der Waals surface area contributed by atoms with E-state index >= 15 is 0 Å². The molecule has 0 aliphatic rings. The van der Waals surface area contributed by atoms with E-state index in [1.807, 2.05) is 14.1 Å². The van der Waals surface area contributed by atoms with Gasteiger partial charge in [0.1, 0.15) is 11.6 Å². The molecule has 1 N–H and O–H groups in total. The van der Waals surface area contributed by atoms with Crippen molar-refractivity contribution in [3.63, 3.8) is 0 Å². The van der Waals surface area contributed by atoms with Crippen molar-refractivity contribution in [1.29, 1.82) is 0 Å². The molecule has 18 heavy (non-hydrogen) atoms. The van der Waals surface area contributed by atoms with Crippen LogP contribution >= 0.6 is 0 Å². The van der Waals surface area contributed by atoms with Crippen LogP contribution in [0, 0.1) is 11.6 Å². The minimum absolute atomic E-state index is 0.121. The van der Waals surface area contributed by atoms with Gasteiger partial charge in [0.05, 0.1) is 5.56 Å². The predicted molar refractivity (Wildman–Crippen MR) is 66.5 cm³/mol. The van der Waals surface area contributed by atoms with E-state index in [1.165, 1.54) is 0 Å². The number of amides is 1. The topological polar surface area (TPSA) is 32.3 Å². The molecule has 0 fully saturated rings. The van der Waals surface area contributed by atoms with Crippen molar-refractivity contribution in [2.24, 2.45) is 0 Å². The van der Waals surface area contributed by atoms with Crippen molar-refractivity contribution in [2.45, 2.75) is 12.8 Å². The minimum atomic E-state index is -0.833. The van der Waals surface area contributed by atoms with Gasteiger partial charge < -0.3 is 10.2 Å². The first-order valence-corrected chi connectivity index (χ1v) is 5.88. The smallest absolute Gasteiger partial charge is 0.254 e. The van der Waals surface area contributed by atoms with E-state index in [4.69, 9.17) is 0 Å². The first-order valence-electron chi connectivity index (χ1n) is 5.88. The van der Waals surface area contributed by atoms with E-state index in [1.54, 1.807) is 0 Å². The Hall–Kier alpha value is -1.49. The maximum atomic E-state index is 13.3. The summed E-state index contributed by atoms with van der Waals surface area (Å²) in [6, 6.07) is 2.94. The molecule has 0 aliphatic carbocycles. The van der Waals surface area contributed by atoms with Crippen molar-refractivity contribution >= 4 is 5.91 Å². The second kappa shape index (κ2) is 7.06. The first-order chi connectivity index (χ1) is 8.50. The second-order valence-corrected chi connectivity index (χ2v) is 4.39. The van der Waals surface area contributed by atoms with E-state index in [9.17, 15) is 13.6 Å². The van der Waals surface area contributed by atoms with Crippen LogP contribution < -0.4 is 5.32 Å². The van der Waals surface area contributed by atoms with Gasteiger partial charge in [0, 0.05) is 12.6 Å². The van der Waals surface area contributed by atoms with Crippen molar-refractivity contribution in [2.75, 3.05) is 27.2 Å². The molecule has 3 nitrogen and oxygen atoms in total. The molecule has 0 radical (unpaired) electrons. The van der Waals surface area contributed by atoms with Crippen LogP contribution in [-0.4, -0.2) is 38.0 Å². The van der Waals surface area contributed by atoms with Crippen molar-refractivity contribution < 1.29 is 13.6 Å². The molecular weight excluding hydrogens is 238 g/mol. The molecule has 0 aliphatic heterocycles. The largest absolute Gasteiger partial charge is 0.352 e. The molecule has 0 bridgehead atoms. The summed E-state index contributed by atoms with van der Waals surface area (Å²) in [5, 5.41) is 2.61. The molecule has 0 atom stereocenters. The number of nitrogens with one attached hydrogen (secondary N) is 1. The fourth-order valence-corrected chi connectivity index (χ4v) is 1.52. The third-order valence-corrected chi connectivity index (χ3v) is 2.49. The highest BCUT2D eigenvalue weighted by atomic mass is 19.1. The molecule has 5 heteroatoms. The SMILES string of the molecule is CN(C)CCCCNC(=O)c1ccc(F)cc1F. The zero-order valence-corrected chi connectivity index (χ0v) is 10.7. The van der Waals surface area contributed by atoms with Gasteiger partial charge >= 0.3 is 0 Å². The standard InChI is InChI=1S/C13H18F2N2O/c1-17(2)8-4-3-7-16-13(18)11-6-5-10(14)9-12(11)15/h5-6,9H,3-4,7-8H2,1-2H3,(H,16,18). The van der Waals surface area contributed by atoms with Crippen LogP contribution in [0.25, 0.3) is 0 Å². The fourth-order valence-electron chi connectivity index (χ4n) is 1.52. The highest BCUT2D eigenvalue weighted by molar-refractivity contribution is 5.94. The van der Waals surface area contributed by atoms with Gasteiger partial charge in [-0.15, -0.1) is 0 Å². The van der Waals surface area contributed by atoms with E-state index in [-0.39, 0.29) is 5.56 Å². The van der Waals surface area contributed by atoms with Gasteiger partial charge in [-0.05, 0) is 45.6 Å². The lowest BCUT2D eigenvalue weighted by molar-refractivity contribution is 0.0948. The fraction of sp³-hybridized carbons (Fsp3) is 0.462. The molecule has 1 aromatic carbocycles. The summed E-state index contributed by atoms with van der Waals surface area (Å²) in [7, 11) is 3.96. The number of hydrogen-bond acceptors (Lipinski definition) is 2. The number of halogens is 2. The quantitative estimate of drug-likeness (QED) is 0.790. The average molecular weight is 256 g/mol. The van der Waals surface area contributed by atoms with Gasteiger partial charge in [-0.3, -0.25) is 4.79 Å². The van der Waals surface area contributed by atoms with Crippen LogP contribution in [-0.2, 0) is 0 Å². The van der Waals surface area contributed by atoms with Gasteiger partial charge in [0.2, 0.25) is 0 Å². The summed E-state index contributed by atoms with van der Waals surface area (Å²) in [6.07, 6.45) is 1.78. The van der Waals surface area contributed by atoms with E-state index in [2.05, 4.69) is 10.2 Å². The summed E-state index contributed by atoms with van der Waals surface area (Å²) < 4.78 is 25.9. The normalized spacial score (nSPS) is 10.7. The molecule has 0 aromatic heterocycles. The Morgan fingerprint density at radius 1 is 1.28 bits per heavy atom. The molecule has 0 unspecified atom stereocenters. The van der Waals surface area contributed by atoms with Crippen molar-refractivity contribution in [1.82, 2.24) is 10.2 Å². The lowest BCUT2D eigenvalue weighted by Gasteiger charge is -2.09. The summed E-state index contributed by atoms with van der Waals surface area (Å²) in [5.41, 5.74) is -0.121. The molecule has 0 spiro atoms. The molecule has 0 heterocycles. The molecular formula is C13H18F2N2O. The number of carbonyl (C=O) groups excluding carboxylic acids is 1. The summed E-state index contributed by atoms with van der Waals surface area (Å²) in [5.74, 6) is -2.02. The Morgan fingerprint density at radius 3 is 2.61 bits per heavy atom. The van der Waals surface area contributed by atoms with Crippen LogP contribution in [0.4, 0.5) is 8.78 Å². The van der Waals surface area contributed by atoms with E-state index in [0.29, 0.717) is 12.6 Å². The Bertz CT molecular complexity index is 408. The molecule has 0 saturated heterocycles. The number of rotatable bonds is 6. The molecule has 1 aromatic rings. The Morgan fingerprint density at radius 2 is 2.00 bits per heavy atom. The monoisotopic (exact) mass is 256 g/mol. The molecule has 1 amide bonds. The highest BCUT2D eigenvalue weighted by Crippen LogP contribution is 2.09. The zero-order valence-electron chi connectivity index (χ0n) is 10.7. The lowest BCUT2D eigenvalue weighted by Crippen LogP contribution is -2.26. The van der Waals surface area contributed by atoms with Gasteiger partial charge in [-0.2, -0.15) is 0 Å². The molecule has 100 valence electrons. The van der Waals surface area contributed by atoms with Crippen LogP contribution in [0.1, 0.15) is 23.2 Å². The zero-order chi connectivity index (χ0) is 13.5. The third kappa shape index (κ3) is 4.79. The van der Waals surface area contributed by atoms with Crippen molar-refractivity contribution in [3.8, 4) is 0 Å². The average Bonchev–Trinajstić information content (AvgIpc) is 2.27. The maximum absolute atomic E-state index is 13.3. The van der Waals surface area contributed by atoms with Crippen LogP contribution in [0.3, 0.4) is 0 Å².